The molecule has 8 nitrogen and oxygen atoms in total. The molecule has 0 saturated heterocycles. The zero-order valence-corrected chi connectivity index (χ0v) is 14.8. The normalized spacial score (nSPS) is 11.4. The van der Waals surface area contributed by atoms with E-state index in [9.17, 15) is 4.39 Å². The van der Waals surface area contributed by atoms with Gasteiger partial charge in [-0.25, -0.2) is 9.37 Å². The van der Waals surface area contributed by atoms with Gasteiger partial charge < -0.3 is 20.1 Å². The third-order valence-corrected chi connectivity index (χ3v) is 4.17. The molecule has 0 saturated carbocycles. The Balaban J connectivity index is 1.71. The lowest BCUT2D eigenvalue weighted by atomic mass is 10.1. The first-order valence-corrected chi connectivity index (χ1v) is 8.77. The van der Waals surface area contributed by atoms with Crippen LogP contribution in [0.15, 0.2) is 35.1 Å². The third-order valence-electron chi connectivity index (χ3n) is 4.17. The summed E-state index contributed by atoms with van der Waals surface area (Å²) in [6, 6.07) is 5.99. The maximum absolute atomic E-state index is 13.2. The Morgan fingerprint density at radius 3 is 2.48 bits per heavy atom. The van der Waals surface area contributed by atoms with Gasteiger partial charge >= 0.3 is 0 Å². The van der Waals surface area contributed by atoms with E-state index in [4.69, 9.17) is 14.7 Å². The van der Waals surface area contributed by atoms with Crippen molar-refractivity contribution in [2.45, 2.75) is 6.42 Å². The number of aliphatic hydroxyl groups is 2. The molecule has 0 fully saturated rings. The molecular formula is C18H22FN5O3. The van der Waals surface area contributed by atoms with Gasteiger partial charge in [-0.3, -0.25) is 4.90 Å². The molecule has 0 bridgehead atoms. The van der Waals surface area contributed by atoms with E-state index in [-0.39, 0.29) is 19.0 Å². The van der Waals surface area contributed by atoms with E-state index in [2.05, 4.69) is 20.4 Å². The molecule has 1 aromatic carbocycles. The average Bonchev–Trinajstić information content (AvgIpc) is 3.11. The number of benzene rings is 1. The van der Waals surface area contributed by atoms with Crippen molar-refractivity contribution in [3.8, 4) is 11.3 Å². The molecule has 2 heterocycles. The molecular weight excluding hydrogens is 353 g/mol. The van der Waals surface area contributed by atoms with Crippen LogP contribution >= 0.6 is 0 Å². The SMILES string of the molecule is OCCN(CCO)CCCNc1ncnc2onc(-c3ccc(F)cc3)c12. The van der Waals surface area contributed by atoms with Gasteiger partial charge in [0.05, 0.1) is 13.2 Å². The molecule has 0 aliphatic heterocycles. The van der Waals surface area contributed by atoms with E-state index in [1.165, 1.54) is 18.5 Å². The molecule has 27 heavy (non-hydrogen) atoms. The van der Waals surface area contributed by atoms with Gasteiger partial charge in [-0.1, -0.05) is 5.16 Å². The molecule has 0 aliphatic rings. The smallest absolute Gasteiger partial charge is 0.263 e. The number of hydrogen-bond acceptors (Lipinski definition) is 8. The van der Waals surface area contributed by atoms with Gasteiger partial charge in [-0.15, -0.1) is 0 Å². The van der Waals surface area contributed by atoms with Gasteiger partial charge in [-0.05, 0) is 37.2 Å². The summed E-state index contributed by atoms with van der Waals surface area (Å²) >= 11 is 0. The van der Waals surface area contributed by atoms with Gasteiger partial charge in [0.2, 0.25) is 0 Å². The number of aliphatic hydroxyl groups excluding tert-OH is 2. The minimum Gasteiger partial charge on any atom is -0.395 e. The monoisotopic (exact) mass is 375 g/mol. The maximum atomic E-state index is 13.2. The van der Waals surface area contributed by atoms with Crippen molar-refractivity contribution in [2.75, 3.05) is 44.7 Å². The highest BCUT2D eigenvalue weighted by Gasteiger charge is 2.16. The number of fused-ring (bicyclic) bond motifs is 1. The molecule has 3 aromatic rings. The molecule has 3 N–H and O–H groups in total. The number of rotatable bonds is 10. The van der Waals surface area contributed by atoms with Crippen LogP contribution in [0.2, 0.25) is 0 Å². The van der Waals surface area contributed by atoms with Crippen molar-refractivity contribution in [1.82, 2.24) is 20.0 Å². The summed E-state index contributed by atoms with van der Waals surface area (Å²) in [5.74, 6) is 0.271. The molecule has 0 unspecified atom stereocenters. The van der Waals surface area contributed by atoms with E-state index in [1.54, 1.807) is 12.1 Å². The van der Waals surface area contributed by atoms with Gasteiger partial charge in [0.25, 0.3) is 5.71 Å². The molecule has 144 valence electrons. The second kappa shape index (κ2) is 9.36. The summed E-state index contributed by atoms with van der Waals surface area (Å²) in [6.45, 7) is 2.53. The van der Waals surface area contributed by atoms with E-state index in [0.717, 1.165) is 13.0 Å². The number of nitrogens with zero attached hydrogens (tertiary/aromatic N) is 4. The van der Waals surface area contributed by atoms with Crippen molar-refractivity contribution in [3.05, 3.63) is 36.4 Å². The van der Waals surface area contributed by atoms with Gasteiger partial charge in [0.1, 0.15) is 29.0 Å². The molecule has 0 atom stereocenters. The standard InChI is InChI=1S/C18H22FN5O3/c19-14-4-2-13(3-5-14)16-15-17(21-12-22-18(15)27-23-16)20-6-1-7-24(8-10-25)9-11-26/h2-5,12,25-26H,1,6-11H2,(H,20,21,22). The molecule has 0 spiro atoms. The minimum absolute atomic E-state index is 0.0572. The highest BCUT2D eigenvalue weighted by molar-refractivity contribution is 5.97. The lowest BCUT2D eigenvalue weighted by Gasteiger charge is -2.20. The summed E-state index contributed by atoms with van der Waals surface area (Å²) in [6.07, 6.45) is 2.19. The van der Waals surface area contributed by atoms with Crippen LogP contribution in [0.5, 0.6) is 0 Å². The number of aromatic nitrogens is 3. The Labute approximate surface area is 155 Å². The topological polar surface area (TPSA) is 108 Å². The van der Waals surface area contributed by atoms with Crippen LogP contribution in [0.4, 0.5) is 10.2 Å². The zero-order chi connectivity index (χ0) is 19.1. The van der Waals surface area contributed by atoms with Crippen LogP contribution in [0, 0.1) is 5.82 Å². The Kier molecular flexibility index (Phi) is 6.64. The summed E-state index contributed by atoms with van der Waals surface area (Å²) in [4.78, 5) is 10.4. The minimum atomic E-state index is -0.323. The van der Waals surface area contributed by atoms with Crippen LogP contribution < -0.4 is 5.32 Å². The van der Waals surface area contributed by atoms with E-state index in [1.807, 2.05) is 4.90 Å². The van der Waals surface area contributed by atoms with Crippen LogP contribution in [-0.2, 0) is 0 Å². The zero-order valence-electron chi connectivity index (χ0n) is 14.8. The van der Waals surface area contributed by atoms with Crippen molar-refractivity contribution < 1.29 is 19.1 Å². The van der Waals surface area contributed by atoms with Gasteiger partial charge in [0.15, 0.2) is 0 Å². The number of hydrogen-bond donors (Lipinski definition) is 3. The number of halogens is 1. The van der Waals surface area contributed by atoms with Crippen LogP contribution in [-0.4, -0.2) is 69.6 Å². The Morgan fingerprint density at radius 2 is 1.78 bits per heavy atom. The molecule has 0 amide bonds. The van der Waals surface area contributed by atoms with Crippen molar-refractivity contribution in [1.29, 1.82) is 0 Å². The Morgan fingerprint density at radius 1 is 1.04 bits per heavy atom. The van der Waals surface area contributed by atoms with Crippen molar-refractivity contribution in [3.63, 3.8) is 0 Å². The Hall–Kier alpha value is -2.62. The third kappa shape index (κ3) is 4.76. The summed E-state index contributed by atoms with van der Waals surface area (Å²) in [7, 11) is 0. The summed E-state index contributed by atoms with van der Waals surface area (Å²) < 4.78 is 18.5. The second-order valence-electron chi connectivity index (χ2n) is 6.01. The molecule has 0 aliphatic carbocycles. The van der Waals surface area contributed by atoms with Crippen LogP contribution in [0.25, 0.3) is 22.4 Å². The highest BCUT2D eigenvalue weighted by atomic mass is 19.1. The first kappa shape index (κ1) is 19.2. The van der Waals surface area contributed by atoms with Crippen molar-refractivity contribution >= 4 is 16.9 Å². The first-order chi connectivity index (χ1) is 13.2. The average molecular weight is 375 g/mol. The lowest BCUT2D eigenvalue weighted by Crippen LogP contribution is -2.31. The molecule has 2 aromatic heterocycles. The van der Waals surface area contributed by atoms with E-state index >= 15 is 0 Å². The second-order valence-corrected chi connectivity index (χ2v) is 6.01. The highest BCUT2D eigenvalue weighted by Crippen LogP contribution is 2.31. The van der Waals surface area contributed by atoms with Crippen LogP contribution in [0.3, 0.4) is 0 Å². The fourth-order valence-corrected chi connectivity index (χ4v) is 2.85. The lowest BCUT2D eigenvalue weighted by molar-refractivity contribution is 0.161. The Bertz CT molecular complexity index is 850. The van der Waals surface area contributed by atoms with E-state index in [0.29, 0.717) is 47.8 Å². The van der Waals surface area contributed by atoms with E-state index < -0.39 is 0 Å². The first-order valence-electron chi connectivity index (χ1n) is 8.77. The number of anilines is 1. The fraction of sp³-hybridized carbons (Fsp3) is 0.389. The van der Waals surface area contributed by atoms with Crippen LogP contribution in [0.1, 0.15) is 6.42 Å². The molecule has 3 rings (SSSR count). The fourth-order valence-electron chi connectivity index (χ4n) is 2.85. The largest absolute Gasteiger partial charge is 0.395 e. The summed E-state index contributed by atoms with van der Waals surface area (Å²) in [5.41, 5.74) is 1.62. The van der Waals surface area contributed by atoms with Crippen molar-refractivity contribution in [2.24, 2.45) is 0 Å². The molecule has 9 heteroatoms. The number of nitrogens with one attached hydrogen (secondary N) is 1. The van der Waals surface area contributed by atoms with Gasteiger partial charge in [0, 0.05) is 25.2 Å². The predicted octanol–water partition coefficient (Wildman–Crippen LogP) is 1.51. The maximum Gasteiger partial charge on any atom is 0.263 e. The van der Waals surface area contributed by atoms with Gasteiger partial charge in [-0.2, -0.15) is 4.98 Å². The predicted molar refractivity (Wildman–Crippen MR) is 98.7 cm³/mol. The quantitative estimate of drug-likeness (QED) is 0.458. The summed E-state index contributed by atoms with van der Waals surface area (Å²) in [5, 5.41) is 26.1. The molecule has 0 radical (unpaired) electrons.